The molecule has 31 heavy (non-hydrogen) atoms. The number of amides is 2. The Balaban J connectivity index is 0.00000272. The zero-order chi connectivity index (χ0) is 21.3. The highest BCUT2D eigenvalue weighted by atomic mass is 35.5. The summed E-state index contributed by atoms with van der Waals surface area (Å²) >= 11 is 13.5. The Morgan fingerprint density at radius 3 is 2.65 bits per heavy atom. The van der Waals surface area contributed by atoms with Crippen molar-refractivity contribution in [3.05, 3.63) is 74.7 Å². The number of carbonyl (C=O) groups excluding carboxylic acids is 2. The zero-order valence-electron chi connectivity index (χ0n) is 16.0. The normalized spacial score (nSPS) is 15.8. The van der Waals surface area contributed by atoms with E-state index in [0.717, 1.165) is 16.5 Å². The van der Waals surface area contributed by atoms with Gasteiger partial charge in [0.2, 0.25) is 0 Å². The first-order valence-corrected chi connectivity index (χ1v) is 10.4. The van der Waals surface area contributed by atoms with Crippen LogP contribution < -0.4 is 10.6 Å². The van der Waals surface area contributed by atoms with E-state index in [1.807, 2.05) is 18.2 Å². The molecule has 0 unspecified atom stereocenters. The molecule has 1 fully saturated rings. The van der Waals surface area contributed by atoms with Crippen LogP contribution in [-0.2, 0) is 4.79 Å². The van der Waals surface area contributed by atoms with Crippen molar-refractivity contribution in [3.63, 3.8) is 0 Å². The van der Waals surface area contributed by atoms with Gasteiger partial charge in [-0.15, -0.1) is 12.4 Å². The molecule has 4 rings (SSSR count). The molecule has 1 aromatic heterocycles. The van der Waals surface area contributed by atoms with Crippen LogP contribution in [0.4, 0.5) is 5.69 Å². The fourth-order valence-corrected chi connectivity index (χ4v) is 4.15. The molecule has 0 atom stereocenters. The summed E-state index contributed by atoms with van der Waals surface area (Å²) in [7, 11) is 1.57. The number of hydrogen-bond donors (Lipinski definition) is 2. The molecule has 0 aliphatic carbocycles. The van der Waals surface area contributed by atoms with E-state index in [4.69, 9.17) is 23.2 Å². The molecule has 10 heteroatoms. The lowest BCUT2D eigenvalue weighted by molar-refractivity contribution is -0.115. The van der Waals surface area contributed by atoms with E-state index in [0.29, 0.717) is 31.4 Å². The number of aliphatic imine (C=N–C) groups is 1. The first-order chi connectivity index (χ1) is 14.4. The van der Waals surface area contributed by atoms with Crippen LogP contribution >= 0.6 is 47.4 Å². The Hall–Kier alpha value is -2.58. The van der Waals surface area contributed by atoms with E-state index in [1.165, 1.54) is 18.0 Å². The predicted molar refractivity (Wildman–Crippen MR) is 130 cm³/mol. The minimum absolute atomic E-state index is 0. The number of amidine groups is 1. The number of aromatic nitrogens is 1. The number of nitrogens with zero attached hydrogens (tertiary/aromatic N) is 2. The first-order valence-electron chi connectivity index (χ1n) is 8.80. The van der Waals surface area contributed by atoms with Gasteiger partial charge in [0, 0.05) is 18.6 Å². The fourth-order valence-electron chi connectivity index (χ4n) is 2.84. The summed E-state index contributed by atoms with van der Waals surface area (Å²) < 4.78 is 0. The average Bonchev–Trinajstić information content (AvgIpc) is 3.08. The summed E-state index contributed by atoms with van der Waals surface area (Å²) in [5.41, 5.74) is 2.43. The Morgan fingerprint density at radius 2 is 1.94 bits per heavy atom. The third-order valence-corrected chi connectivity index (χ3v) is 5.81. The SMILES string of the molecule is CNC(=O)c1cnc2ccc(/C=C3/SC(=Nc4c(Cl)cccc4Cl)NC3=O)cc2c1.Cl. The number of carbonyl (C=O) groups is 2. The number of nitrogens with one attached hydrogen (secondary N) is 2. The van der Waals surface area contributed by atoms with Crippen molar-refractivity contribution in [1.82, 2.24) is 15.6 Å². The topological polar surface area (TPSA) is 83.4 Å². The highest BCUT2D eigenvalue weighted by Gasteiger charge is 2.24. The van der Waals surface area contributed by atoms with Crippen molar-refractivity contribution >= 4 is 87.0 Å². The van der Waals surface area contributed by atoms with Gasteiger partial charge in [-0.05, 0) is 53.7 Å². The Morgan fingerprint density at radius 1 is 1.19 bits per heavy atom. The lowest BCUT2D eigenvalue weighted by atomic mass is 10.1. The van der Waals surface area contributed by atoms with Gasteiger partial charge in [-0.1, -0.05) is 35.3 Å². The second kappa shape index (κ2) is 9.70. The molecule has 2 aromatic carbocycles. The van der Waals surface area contributed by atoms with Crippen LogP contribution in [0.1, 0.15) is 15.9 Å². The molecule has 1 saturated heterocycles. The van der Waals surface area contributed by atoms with Crippen molar-refractivity contribution in [3.8, 4) is 0 Å². The highest BCUT2D eigenvalue weighted by molar-refractivity contribution is 8.18. The third kappa shape index (κ3) is 5.02. The van der Waals surface area contributed by atoms with Crippen LogP contribution in [0.25, 0.3) is 17.0 Å². The van der Waals surface area contributed by atoms with E-state index < -0.39 is 0 Å². The standard InChI is InChI=1S/C21H14Cl2N4O2S.ClH/c1-24-19(28)13-9-12-7-11(5-6-16(12)25-10-13)8-17-20(29)27-21(30-17)26-18-14(22)3-2-4-15(18)23;/h2-10H,1H3,(H,24,28)(H,26,27,29);1H/b17-8+;. The average molecular weight is 494 g/mol. The van der Waals surface area contributed by atoms with Gasteiger partial charge in [0.15, 0.2) is 5.17 Å². The predicted octanol–water partition coefficient (Wildman–Crippen LogP) is 5.21. The lowest BCUT2D eigenvalue weighted by Crippen LogP contribution is -2.19. The summed E-state index contributed by atoms with van der Waals surface area (Å²) in [5.74, 6) is -0.475. The quantitative estimate of drug-likeness (QED) is 0.490. The maximum Gasteiger partial charge on any atom is 0.264 e. The smallest absolute Gasteiger partial charge is 0.264 e. The maximum absolute atomic E-state index is 12.4. The van der Waals surface area contributed by atoms with Crippen LogP contribution in [0.2, 0.25) is 10.0 Å². The highest BCUT2D eigenvalue weighted by Crippen LogP contribution is 2.35. The molecule has 3 aromatic rings. The van der Waals surface area contributed by atoms with Gasteiger partial charge in [-0.2, -0.15) is 0 Å². The Bertz CT molecular complexity index is 1240. The van der Waals surface area contributed by atoms with E-state index >= 15 is 0 Å². The second-order valence-electron chi connectivity index (χ2n) is 6.31. The third-order valence-electron chi connectivity index (χ3n) is 4.29. The van der Waals surface area contributed by atoms with Crippen LogP contribution in [-0.4, -0.2) is 29.0 Å². The van der Waals surface area contributed by atoms with Crippen LogP contribution in [0.3, 0.4) is 0 Å². The van der Waals surface area contributed by atoms with Gasteiger partial charge in [-0.3, -0.25) is 14.6 Å². The molecule has 2 N–H and O–H groups in total. The number of pyridine rings is 1. The number of fused-ring (bicyclic) bond motifs is 1. The number of para-hydroxylation sites is 1. The molecular weight excluding hydrogens is 479 g/mol. The van der Waals surface area contributed by atoms with Crippen LogP contribution in [0.15, 0.2) is 58.6 Å². The number of halogens is 3. The number of benzene rings is 2. The number of thioether (sulfide) groups is 1. The maximum atomic E-state index is 12.4. The summed E-state index contributed by atoms with van der Waals surface area (Å²) in [4.78, 5) is 33.4. The summed E-state index contributed by atoms with van der Waals surface area (Å²) in [6, 6.07) is 12.4. The molecule has 1 aliphatic rings. The van der Waals surface area contributed by atoms with E-state index in [9.17, 15) is 9.59 Å². The van der Waals surface area contributed by atoms with Gasteiger partial charge in [-0.25, -0.2) is 4.99 Å². The Kier molecular flexibility index (Phi) is 7.23. The van der Waals surface area contributed by atoms with Gasteiger partial charge < -0.3 is 10.6 Å². The van der Waals surface area contributed by atoms with Gasteiger partial charge >= 0.3 is 0 Å². The molecule has 1 aliphatic heterocycles. The zero-order valence-corrected chi connectivity index (χ0v) is 19.1. The molecule has 2 heterocycles. The van der Waals surface area contributed by atoms with Crippen molar-refractivity contribution in [1.29, 1.82) is 0 Å². The number of rotatable bonds is 3. The summed E-state index contributed by atoms with van der Waals surface area (Å²) in [6.45, 7) is 0. The molecule has 0 bridgehead atoms. The van der Waals surface area contributed by atoms with Crippen molar-refractivity contribution in [2.75, 3.05) is 7.05 Å². The monoisotopic (exact) mass is 492 g/mol. The van der Waals surface area contributed by atoms with E-state index in [2.05, 4.69) is 20.6 Å². The van der Waals surface area contributed by atoms with E-state index in [1.54, 1.807) is 37.4 Å². The van der Waals surface area contributed by atoms with Gasteiger partial charge in [0.05, 0.1) is 26.0 Å². The molecule has 2 amide bonds. The van der Waals surface area contributed by atoms with Crippen molar-refractivity contribution in [2.45, 2.75) is 0 Å². The van der Waals surface area contributed by atoms with Crippen molar-refractivity contribution in [2.24, 2.45) is 4.99 Å². The summed E-state index contributed by atoms with van der Waals surface area (Å²) in [5, 5.41) is 7.29. The molecule has 0 radical (unpaired) electrons. The van der Waals surface area contributed by atoms with Gasteiger partial charge in [0.25, 0.3) is 11.8 Å². The molecule has 6 nitrogen and oxygen atoms in total. The van der Waals surface area contributed by atoms with E-state index in [-0.39, 0.29) is 24.2 Å². The largest absolute Gasteiger partial charge is 0.355 e. The lowest BCUT2D eigenvalue weighted by Gasteiger charge is -2.03. The minimum Gasteiger partial charge on any atom is -0.355 e. The Labute approximate surface area is 198 Å². The van der Waals surface area contributed by atoms with Crippen LogP contribution in [0.5, 0.6) is 0 Å². The summed E-state index contributed by atoms with van der Waals surface area (Å²) in [6.07, 6.45) is 3.28. The second-order valence-corrected chi connectivity index (χ2v) is 8.15. The van der Waals surface area contributed by atoms with Crippen molar-refractivity contribution < 1.29 is 9.59 Å². The molecule has 0 saturated carbocycles. The molecular formula is C21H15Cl3N4O2S. The van der Waals surface area contributed by atoms with Gasteiger partial charge in [0.1, 0.15) is 5.69 Å². The fraction of sp³-hybridized carbons (Fsp3) is 0.0476. The number of hydrogen-bond acceptors (Lipinski definition) is 5. The van der Waals surface area contributed by atoms with Crippen LogP contribution in [0, 0.1) is 0 Å². The molecule has 158 valence electrons. The minimum atomic E-state index is -0.265. The molecule has 0 spiro atoms. The first kappa shape index (κ1) is 23.1.